The van der Waals surface area contributed by atoms with E-state index in [4.69, 9.17) is 4.74 Å². The Morgan fingerprint density at radius 2 is 1.95 bits per heavy atom. The summed E-state index contributed by atoms with van der Waals surface area (Å²) in [5.41, 5.74) is 0.266. The van der Waals surface area contributed by atoms with Crippen LogP contribution in [0.1, 0.15) is 53.4 Å². The third kappa shape index (κ3) is 5.91. The molecule has 0 spiro atoms. The standard InChI is InChI=1S/C15H30N2O2/c1-5-6-12(2)17-14(18)13(3)16-11-15(4)7-9-19-10-8-15/h12-13,16H,5-11H2,1-4H3,(H,17,18). The molecule has 0 aromatic heterocycles. The van der Waals surface area contributed by atoms with Crippen molar-refractivity contribution in [2.75, 3.05) is 19.8 Å². The number of amides is 1. The van der Waals surface area contributed by atoms with E-state index in [0.29, 0.717) is 0 Å². The van der Waals surface area contributed by atoms with Gasteiger partial charge in [0.05, 0.1) is 6.04 Å². The molecule has 19 heavy (non-hydrogen) atoms. The van der Waals surface area contributed by atoms with Crippen LogP contribution in [0.15, 0.2) is 0 Å². The van der Waals surface area contributed by atoms with Crippen molar-refractivity contribution in [2.24, 2.45) is 5.41 Å². The van der Waals surface area contributed by atoms with Crippen LogP contribution in [-0.2, 0) is 9.53 Å². The first-order chi connectivity index (χ1) is 8.97. The van der Waals surface area contributed by atoms with Crippen molar-refractivity contribution >= 4 is 5.91 Å². The van der Waals surface area contributed by atoms with Crippen molar-refractivity contribution in [1.82, 2.24) is 10.6 Å². The molecule has 4 nitrogen and oxygen atoms in total. The van der Waals surface area contributed by atoms with Gasteiger partial charge in [0.15, 0.2) is 0 Å². The first-order valence-corrected chi connectivity index (χ1v) is 7.58. The van der Waals surface area contributed by atoms with E-state index in [1.54, 1.807) is 0 Å². The molecule has 1 rings (SSSR count). The Labute approximate surface area is 117 Å². The van der Waals surface area contributed by atoms with Crippen LogP contribution in [0.5, 0.6) is 0 Å². The summed E-state index contributed by atoms with van der Waals surface area (Å²) in [6.45, 7) is 11.0. The molecule has 0 bridgehead atoms. The molecule has 4 heteroatoms. The van der Waals surface area contributed by atoms with Crippen molar-refractivity contribution < 1.29 is 9.53 Å². The van der Waals surface area contributed by atoms with Gasteiger partial charge in [-0.3, -0.25) is 4.79 Å². The molecule has 0 aromatic carbocycles. The second-order valence-electron chi connectivity index (χ2n) is 6.22. The highest BCUT2D eigenvalue weighted by atomic mass is 16.5. The summed E-state index contributed by atoms with van der Waals surface area (Å²) in [4.78, 5) is 12.0. The van der Waals surface area contributed by atoms with E-state index in [9.17, 15) is 4.79 Å². The average Bonchev–Trinajstić information content (AvgIpc) is 2.37. The zero-order chi connectivity index (χ0) is 14.3. The van der Waals surface area contributed by atoms with Crippen LogP contribution in [0, 0.1) is 5.41 Å². The lowest BCUT2D eigenvalue weighted by Gasteiger charge is -2.34. The summed E-state index contributed by atoms with van der Waals surface area (Å²) in [6.07, 6.45) is 4.27. The van der Waals surface area contributed by atoms with Gasteiger partial charge in [-0.1, -0.05) is 20.3 Å². The summed E-state index contributed by atoms with van der Waals surface area (Å²) in [7, 11) is 0. The van der Waals surface area contributed by atoms with Gasteiger partial charge < -0.3 is 15.4 Å². The van der Waals surface area contributed by atoms with Crippen LogP contribution in [0.4, 0.5) is 0 Å². The number of carbonyl (C=O) groups is 1. The van der Waals surface area contributed by atoms with Crippen molar-refractivity contribution in [1.29, 1.82) is 0 Å². The molecule has 1 amide bonds. The van der Waals surface area contributed by atoms with Crippen LogP contribution in [-0.4, -0.2) is 37.7 Å². The Morgan fingerprint density at radius 3 is 2.53 bits per heavy atom. The van der Waals surface area contributed by atoms with Crippen LogP contribution in [0.2, 0.25) is 0 Å². The largest absolute Gasteiger partial charge is 0.381 e. The number of hydrogen-bond donors (Lipinski definition) is 2. The quantitative estimate of drug-likeness (QED) is 0.745. The maximum Gasteiger partial charge on any atom is 0.237 e. The number of nitrogens with one attached hydrogen (secondary N) is 2. The van der Waals surface area contributed by atoms with E-state index in [-0.39, 0.29) is 23.4 Å². The first kappa shape index (κ1) is 16.4. The van der Waals surface area contributed by atoms with E-state index in [0.717, 1.165) is 45.4 Å². The summed E-state index contributed by atoms with van der Waals surface area (Å²) < 4.78 is 5.39. The van der Waals surface area contributed by atoms with E-state index in [2.05, 4.69) is 31.4 Å². The Morgan fingerprint density at radius 1 is 1.32 bits per heavy atom. The van der Waals surface area contributed by atoms with E-state index in [1.165, 1.54) is 0 Å². The van der Waals surface area contributed by atoms with Gasteiger partial charge >= 0.3 is 0 Å². The third-order valence-electron chi connectivity index (χ3n) is 4.04. The zero-order valence-corrected chi connectivity index (χ0v) is 12.9. The lowest BCUT2D eigenvalue weighted by Crippen LogP contribution is -2.48. The van der Waals surface area contributed by atoms with Gasteiger partial charge in [-0.25, -0.2) is 0 Å². The Balaban J connectivity index is 2.29. The summed E-state index contributed by atoms with van der Waals surface area (Å²) in [5, 5.41) is 6.43. The number of rotatable bonds is 7. The van der Waals surface area contributed by atoms with Crippen molar-refractivity contribution in [3.8, 4) is 0 Å². The van der Waals surface area contributed by atoms with E-state index in [1.807, 2.05) is 6.92 Å². The molecule has 1 fully saturated rings. The zero-order valence-electron chi connectivity index (χ0n) is 12.9. The van der Waals surface area contributed by atoms with Crippen LogP contribution >= 0.6 is 0 Å². The highest BCUT2D eigenvalue weighted by molar-refractivity contribution is 5.81. The molecule has 2 atom stereocenters. The summed E-state index contributed by atoms with van der Waals surface area (Å²) in [6, 6.07) is 0.138. The number of carbonyl (C=O) groups excluding carboxylic acids is 1. The fourth-order valence-corrected chi connectivity index (χ4v) is 2.41. The maximum atomic E-state index is 12.0. The van der Waals surface area contributed by atoms with Crippen LogP contribution in [0.3, 0.4) is 0 Å². The lowest BCUT2D eigenvalue weighted by molar-refractivity contribution is -0.123. The van der Waals surface area contributed by atoms with Gasteiger partial charge in [-0.2, -0.15) is 0 Å². The van der Waals surface area contributed by atoms with E-state index >= 15 is 0 Å². The normalized spacial score (nSPS) is 21.7. The van der Waals surface area contributed by atoms with Gasteiger partial charge in [0.25, 0.3) is 0 Å². The molecule has 1 heterocycles. The molecule has 1 aliphatic rings. The first-order valence-electron chi connectivity index (χ1n) is 7.58. The molecule has 0 saturated carbocycles. The molecule has 2 unspecified atom stereocenters. The third-order valence-corrected chi connectivity index (χ3v) is 4.04. The van der Waals surface area contributed by atoms with Crippen molar-refractivity contribution in [3.63, 3.8) is 0 Å². The molecule has 2 N–H and O–H groups in total. The number of ether oxygens (including phenoxy) is 1. The van der Waals surface area contributed by atoms with E-state index < -0.39 is 0 Å². The molecule has 1 aliphatic heterocycles. The Kier molecular flexibility index (Phi) is 6.80. The molecule has 112 valence electrons. The minimum absolute atomic E-state index is 0.108. The smallest absolute Gasteiger partial charge is 0.237 e. The van der Waals surface area contributed by atoms with Crippen LogP contribution < -0.4 is 10.6 Å². The predicted octanol–water partition coefficient (Wildman–Crippen LogP) is 2.09. The Bertz CT molecular complexity index is 275. The number of hydrogen-bond acceptors (Lipinski definition) is 3. The van der Waals surface area contributed by atoms with Crippen molar-refractivity contribution in [3.05, 3.63) is 0 Å². The molecular formula is C15H30N2O2. The lowest BCUT2D eigenvalue weighted by atomic mass is 9.82. The minimum Gasteiger partial charge on any atom is -0.381 e. The summed E-state index contributed by atoms with van der Waals surface area (Å²) >= 11 is 0. The molecule has 0 aromatic rings. The molecule has 0 radical (unpaired) electrons. The fraction of sp³-hybridized carbons (Fsp3) is 0.933. The topological polar surface area (TPSA) is 50.4 Å². The molecule has 1 saturated heterocycles. The highest BCUT2D eigenvalue weighted by Gasteiger charge is 2.28. The predicted molar refractivity (Wildman–Crippen MR) is 78.1 cm³/mol. The van der Waals surface area contributed by atoms with Gasteiger partial charge in [-0.15, -0.1) is 0 Å². The van der Waals surface area contributed by atoms with Gasteiger partial charge in [0, 0.05) is 25.8 Å². The maximum absolute atomic E-state index is 12.0. The fourth-order valence-electron chi connectivity index (χ4n) is 2.41. The van der Waals surface area contributed by atoms with Gasteiger partial charge in [0.2, 0.25) is 5.91 Å². The minimum atomic E-state index is -0.126. The summed E-state index contributed by atoms with van der Waals surface area (Å²) in [5.74, 6) is 0.108. The Hall–Kier alpha value is -0.610. The second-order valence-corrected chi connectivity index (χ2v) is 6.22. The average molecular weight is 270 g/mol. The van der Waals surface area contributed by atoms with Crippen LogP contribution in [0.25, 0.3) is 0 Å². The molecular weight excluding hydrogens is 240 g/mol. The second kappa shape index (κ2) is 7.85. The molecule has 0 aliphatic carbocycles. The van der Waals surface area contributed by atoms with Crippen molar-refractivity contribution in [2.45, 2.75) is 65.5 Å². The van der Waals surface area contributed by atoms with Gasteiger partial charge in [-0.05, 0) is 38.5 Å². The monoisotopic (exact) mass is 270 g/mol. The van der Waals surface area contributed by atoms with Gasteiger partial charge in [0.1, 0.15) is 0 Å². The highest BCUT2D eigenvalue weighted by Crippen LogP contribution is 2.28. The SMILES string of the molecule is CCCC(C)NC(=O)C(C)NCC1(C)CCOCC1.